The molecule has 2 nitrogen and oxygen atoms in total. The van der Waals surface area contributed by atoms with Gasteiger partial charge < -0.3 is 10.4 Å². The molecule has 2 aliphatic carbocycles. The van der Waals surface area contributed by atoms with Crippen molar-refractivity contribution in [3.8, 4) is 0 Å². The first-order valence-electron chi connectivity index (χ1n) is 7.17. The van der Waals surface area contributed by atoms with Gasteiger partial charge in [-0.3, -0.25) is 0 Å². The molecule has 2 rings (SSSR count). The summed E-state index contributed by atoms with van der Waals surface area (Å²) in [6.45, 7) is 2.55. The van der Waals surface area contributed by atoms with Crippen molar-refractivity contribution in [2.45, 2.75) is 76.8 Å². The third-order valence-electron chi connectivity index (χ3n) is 4.93. The topological polar surface area (TPSA) is 32.3 Å². The Morgan fingerprint density at radius 2 is 2.00 bits per heavy atom. The second kappa shape index (κ2) is 5.50. The summed E-state index contributed by atoms with van der Waals surface area (Å²) < 4.78 is 0. The van der Waals surface area contributed by atoms with Gasteiger partial charge in [0.2, 0.25) is 0 Å². The highest BCUT2D eigenvalue weighted by Gasteiger charge is 2.46. The largest absolute Gasteiger partial charge is 0.396 e. The average molecular weight is 225 g/mol. The van der Waals surface area contributed by atoms with Crippen LogP contribution in [0.1, 0.15) is 64.7 Å². The monoisotopic (exact) mass is 225 g/mol. The first-order valence-corrected chi connectivity index (χ1v) is 7.17. The van der Waals surface area contributed by atoms with E-state index < -0.39 is 0 Å². The Balaban J connectivity index is 1.84. The predicted molar refractivity (Wildman–Crippen MR) is 67.5 cm³/mol. The number of hydrogen-bond donors (Lipinski definition) is 2. The Labute approximate surface area is 99.8 Å². The van der Waals surface area contributed by atoms with Crippen molar-refractivity contribution in [3.63, 3.8) is 0 Å². The molecule has 0 aromatic carbocycles. The van der Waals surface area contributed by atoms with Crippen molar-refractivity contribution >= 4 is 0 Å². The first kappa shape index (κ1) is 12.4. The highest BCUT2D eigenvalue weighted by molar-refractivity contribution is 5.02. The number of nitrogens with one attached hydrogen (secondary N) is 1. The molecule has 1 spiro atoms. The molecular weight excluding hydrogens is 198 g/mol. The summed E-state index contributed by atoms with van der Waals surface area (Å²) in [6.07, 6.45) is 12.1. The van der Waals surface area contributed by atoms with E-state index in [1.54, 1.807) is 0 Å². The summed E-state index contributed by atoms with van der Waals surface area (Å²) in [6, 6.07) is 1.29. The summed E-state index contributed by atoms with van der Waals surface area (Å²) >= 11 is 0. The van der Waals surface area contributed by atoms with E-state index in [1.165, 1.54) is 44.9 Å². The fourth-order valence-electron chi connectivity index (χ4n) is 3.66. The molecule has 94 valence electrons. The Bertz CT molecular complexity index is 211. The minimum absolute atomic E-state index is 0.325. The maximum atomic E-state index is 9.03. The van der Waals surface area contributed by atoms with Gasteiger partial charge in [-0.25, -0.2) is 0 Å². The highest BCUT2D eigenvalue weighted by Crippen LogP contribution is 2.51. The Hall–Kier alpha value is -0.0800. The second-order valence-corrected chi connectivity index (χ2v) is 5.80. The molecule has 2 saturated carbocycles. The fourth-order valence-corrected chi connectivity index (χ4v) is 3.66. The van der Waals surface area contributed by atoms with E-state index in [2.05, 4.69) is 12.2 Å². The molecule has 2 unspecified atom stereocenters. The summed E-state index contributed by atoms with van der Waals surface area (Å²) in [5.74, 6) is 0. The number of hydrogen-bond acceptors (Lipinski definition) is 2. The molecular formula is C14H27NO. The molecule has 0 aliphatic heterocycles. The van der Waals surface area contributed by atoms with Gasteiger partial charge in [-0.1, -0.05) is 26.2 Å². The maximum absolute atomic E-state index is 9.03. The molecule has 2 aliphatic rings. The van der Waals surface area contributed by atoms with Crippen molar-refractivity contribution in [1.82, 2.24) is 5.32 Å². The number of aliphatic hydroxyl groups excluding tert-OH is 1. The molecule has 0 heterocycles. The molecule has 0 bridgehead atoms. The first-order chi connectivity index (χ1) is 7.80. The predicted octanol–water partition coefficient (Wildman–Crippen LogP) is 2.85. The van der Waals surface area contributed by atoms with E-state index in [4.69, 9.17) is 5.11 Å². The third kappa shape index (κ3) is 2.43. The van der Waals surface area contributed by atoms with Crippen LogP contribution in [0.5, 0.6) is 0 Å². The average Bonchev–Trinajstić information content (AvgIpc) is 2.34. The number of rotatable bonds is 5. The molecule has 0 amide bonds. The SMILES string of the molecule is CCC(CCO)NC1CCC12CCCCC2. The highest BCUT2D eigenvalue weighted by atomic mass is 16.3. The summed E-state index contributed by atoms with van der Waals surface area (Å²) in [4.78, 5) is 0. The lowest BCUT2D eigenvalue weighted by Gasteiger charge is -2.53. The van der Waals surface area contributed by atoms with Gasteiger partial charge in [-0.2, -0.15) is 0 Å². The molecule has 0 aromatic heterocycles. The second-order valence-electron chi connectivity index (χ2n) is 5.80. The van der Waals surface area contributed by atoms with Crippen LogP contribution in [0.2, 0.25) is 0 Å². The Morgan fingerprint density at radius 3 is 2.50 bits per heavy atom. The van der Waals surface area contributed by atoms with Gasteiger partial charge >= 0.3 is 0 Å². The van der Waals surface area contributed by atoms with Gasteiger partial charge in [0, 0.05) is 18.7 Å². The summed E-state index contributed by atoms with van der Waals surface area (Å²) in [7, 11) is 0. The van der Waals surface area contributed by atoms with Crippen molar-refractivity contribution in [2.24, 2.45) is 5.41 Å². The molecule has 0 aromatic rings. The maximum Gasteiger partial charge on any atom is 0.0445 e. The van der Waals surface area contributed by atoms with E-state index in [9.17, 15) is 0 Å². The lowest BCUT2D eigenvalue weighted by molar-refractivity contribution is 0.0143. The van der Waals surface area contributed by atoms with E-state index >= 15 is 0 Å². The zero-order chi connectivity index (χ0) is 11.4. The zero-order valence-corrected chi connectivity index (χ0v) is 10.7. The normalized spacial score (nSPS) is 30.0. The van der Waals surface area contributed by atoms with Gasteiger partial charge in [-0.15, -0.1) is 0 Å². The van der Waals surface area contributed by atoms with Crippen molar-refractivity contribution in [2.75, 3.05) is 6.61 Å². The van der Waals surface area contributed by atoms with E-state index in [0.717, 1.165) is 18.9 Å². The van der Waals surface area contributed by atoms with Gasteiger partial charge in [0.05, 0.1) is 0 Å². The van der Waals surface area contributed by atoms with Crippen molar-refractivity contribution in [1.29, 1.82) is 0 Å². The molecule has 2 heteroatoms. The van der Waals surface area contributed by atoms with E-state index in [1.807, 2.05) is 0 Å². The molecule has 2 N–H and O–H groups in total. The van der Waals surface area contributed by atoms with Crippen molar-refractivity contribution in [3.05, 3.63) is 0 Å². The van der Waals surface area contributed by atoms with Crippen LogP contribution >= 0.6 is 0 Å². The third-order valence-corrected chi connectivity index (χ3v) is 4.93. The number of aliphatic hydroxyl groups is 1. The smallest absolute Gasteiger partial charge is 0.0445 e. The van der Waals surface area contributed by atoms with Gasteiger partial charge in [0.25, 0.3) is 0 Å². The van der Waals surface area contributed by atoms with Gasteiger partial charge in [0.1, 0.15) is 0 Å². The standard InChI is InChI=1S/C14H27NO/c1-2-12(7-11-16)15-13-6-10-14(13)8-4-3-5-9-14/h12-13,15-16H,2-11H2,1H3. The van der Waals surface area contributed by atoms with Crippen LogP contribution < -0.4 is 5.32 Å². The summed E-state index contributed by atoms with van der Waals surface area (Å²) in [5.41, 5.74) is 0.654. The molecule has 0 radical (unpaired) electrons. The Morgan fingerprint density at radius 1 is 1.25 bits per heavy atom. The zero-order valence-electron chi connectivity index (χ0n) is 10.7. The molecule has 0 saturated heterocycles. The minimum atomic E-state index is 0.325. The van der Waals surface area contributed by atoms with E-state index in [-0.39, 0.29) is 0 Å². The van der Waals surface area contributed by atoms with Gasteiger partial charge in [-0.05, 0) is 43.9 Å². The van der Waals surface area contributed by atoms with Crippen LogP contribution in [0.25, 0.3) is 0 Å². The van der Waals surface area contributed by atoms with Gasteiger partial charge in [0.15, 0.2) is 0 Å². The Kier molecular flexibility index (Phi) is 4.26. The minimum Gasteiger partial charge on any atom is -0.396 e. The van der Waals surface area contributed by atoms with Crippen LogP contribution in [0.4, 0.5) is 0 Å². The van der Waals surface area contributed by atoms with E-state index in [0.29, 0.717) is 18.1 Å². The lowest BCUT2D eigenvalue weighted by Crippen LogP contribution is -2.57. The molecule has 2 atom stereocenters. The van der Waals surface area contributed by atoms with Crippen molar-refractivity contribution < 1.29 is 5.11 Å². The fraction of sp³-hybridized carbons (Fsp3) is 1.00. The summed E-state index contributed by atoms with van der Waals surface area (Å²) in [5, 5.41) is 12.8. The quantitative estimate of drug-likeness (QED) is 0.754. The van der Waals surface area contributed by atoms with Crippen LogP contribution in [0, 0.1) is 5.41 Å². The lowest BCUT2D eigenvalue weighted by atomic mass is 9.57. The molecule has 2 fully saturated rings. The van der Waals surface area contributed by atoms with Crippen LogP contribution in [-0.4, -0.2) is 23.8 Å². The molecule has 16 heavy (non-hydrogen) atoms. The van der Waals surface area contributed by atoms with Crippen LogP contribution in [0.3, 0.4) is 0 Å². The van der Waals surface area contributed by atoms with Crippen LogP contribution in [0.15, 0.2) is 0 Å². The van der Waals surface area contributed by atoms with Crippen LogP contribution in [-0.2, 0) is 0 Å².